The summed E-state index contributed by atoms with van der Waals surface area (Å²) in [7, 11) is 1.72. The number of halogens is 1. The Morgan fingerprint density at radius 1 is 1.50 bits per heavy atom. The van der Waals surface area contributed by atoms with Crippen molar-refractivity contribution in [2.75, 3.05) is 26.7 Å². The molecule has 0 bridgehead atoms. The molecule has 0 aliphatic heterocycles. The van der Waals surface area contributed by atoms with E-state index < -0.39 is 5.97 Å². The maximum atomic E-state index is 13.5. The van der Waals surface area contributed by atoms with Gasteiger partial charge in [0, 0.05) is 6.54 Å². The summed E-state index contributed by atoms with van der Waals surface area (Å²) in [5.41, 5.74) is 0.827. The van der Waals surface area contributed by atoms with Crippen molar-refractivity contribution in [1.29, 1.82) is 0 Å². The zero-order valence-corrected chi connectivity index (χ0v) is 10.6. The average molecular weight is 255 g/mol. The van der Waals surface area contributed by atoms with E-state index in [0.717, 1.165) is 5.56 Å². The molecule has 0 saturated heterocycles. The van der Waals surface area contributed by atoms with Crippen molar-refractivity contribution in [2.24, 2.45) is 0 Å². The summed E-state index contributed by atoms with van der Waals surface area (Å²) in [6.45, 7) is 2.78. The standard InChI is InChI=1S/C13H18FNO3/c1-3-18-12-5-4-10(8-11(12)14)6-7-15(2)9-13(16)17/h4-5,8H,3,6-7,9H2,1-2H3,(H,16,17). The van der Waals surface area contributed by atoms with Crippen LogP contribution < -0.4 is 4.74 Å². The Labute approximate surface area is 106 Å². The van der Waals surface area contributed by atoms with Crippen LogP contribution in [0.1, 0.15) is 12.5 Å². The maximum Gasteiger partial charge on any atom is 0.317 e. The lowest BCUT2D eigenvalue weighted by Gasteiger charge is -2.14. The number of likely N-dealkylation sites (N-methyl/N-ethyl adjacent to an activating group) is 1. The Morgan fingerprint density at radius 2 is 2.22 bits per heavy atom. The number of carboxylic acids is 1. The van der Waals surface area contributed by atoms with Crippen LogP contribution in [0.4, 0.5) is 4.39 Å². The molecule has 4 nitrogen and oxygen atoms in total. The van der Waals surface area contributed by atoms with Gasteiger partial charge in [0.2, 0.25) is 0 Å². The molecule has 0 fully saturated rings. The summed E-state index contributed by atoms with van der Waals surface area (Å²) in [6.07, 6.45) is 0.604. The molecule has 5 heteroatoms. The summed E-state index contributed by atoms with van der Waals surface area (Å²) in [5, 5.41) is 8.60. The molecule has 0 spiro atoms. The molecule has 0 aliphatic rings. The lowest BCUT2D eigenvalue weighted by atomic mass is 10.1. The molecule has 0 saturated carbocycles. The lowest BCUT2D eigenvalue weighted by molar-refractivity contribution is -0.137. The van der Waals surface area contributed by atoms with Gasteiger partial charge in [-0.1, -0.05) is 6.07 Å². The van der Waals surface area contributed by atoms with Crippen LogP contribution in [0.3, 0.4) is 0 Å². The molecular weight excluding hydrogens is 237 g/mol. The summed E-state index contributed by atoms with van der Waals surface area (Å²) >= 11 is 0. The van der Waals surface area contributed by atoms with Crippen molar-refractivity contribution in [3.05, 3.63) is 29.6 Å². The highest BCUT2D eigenvalue weighted by Gasteiger charge is 2.07. The molecule has 0 heterocycles. The van der Waals surface area contributed by atoms with Gasteiger partial charge in [0.15, 0.2) is 11.6 Å². The normalized spacial score (nSPS) is 10.7. The van der Waals surface area contributed by atoms with Crippen molar-refractivity contribution < 1.29 is 19.0 Å². The van der Waals surface area contributed by atoms with Gasteiger partial charge >= 0.3 is 5.97 Å². The molecule has 100 valence electrons. The van der Waals surface area contributed by atoms with Gasteiger partial charge in [-0.2, -0.15) is 0 Å². The van der Waals surface area contributed by atoms with Crippen LogP contribution in [-0.4, -0.2) is 42.7 Å². The first-order chi connectivity index (χ1) is 8.52. The number of hydrogen-bond donors (Lipinski definition) is 1. The van der Waals surface area contributed by atoms with E-state index in [1.807, 2.05) is 0 Å². The first-order valence-corrected chi connectivity index (χ1v) is 5.84. The Bertz CT molecular complexity index is 409. The topological polar surface area (TPSA) is 49.8 Å². The molecule has 1 aromatic rings. The molecule has 0 amide bonds. The Morgan fingerprint density at radius 3 is 2.78 bits per heavy atom. The molecule has 1 N–H and O–H groups in total. The van der Waals surface area contributed by atoms with Gasteiger partial charge < -0.3 is 9.84 Å². The van der Waals surface area contributed by atoms with E-state index in [9.17, 15) is 9.18 Å². The summed E-state index contributed by atoms with van der Waals surface area (Å²) < 4.78 is 18.6. The van der Waals surface area contributed by atoms with Gasteiger partial charge in [-0.3, -0.25) is 9.69 Å². The number of rotatable bonds is 7. The second-order valence-electron chi connectivity index (χ2n) is 4.08. The number of hydrogen-bond acceptors (Lipinski definition) is 3. The largest absolute Gasteiger partial charge is 0.491 e. The van der Waals surface area contributed by atoms with Crippen molar-refractivity contribution in [1.82, 2.24) is 4.90 Å². The molecule has 0 aliphatic carbocycles. The maximum absolute atomic E-state index is 13.5. The van der Waals surface area contributed by atoms with E-state index in [2.05, 4.69) is 0 Å². The van der Waals surface area contributed by atoms with Crippen molar-refractivity contribution in [3.8, 4) is 5.75 Å². The van der Waals surface area contributed by atoms with Crippen LogP contribution in [-0.2, 0) is 11.2 Å². The van der Waals surface area contributed by atoms with Gasteiger partial charge in [0.25, 0.3) is 0 Å². The number of benzene rings is 1. The second kappa shape index (κ2) is 6.96. The highest BCUT2D eigenvalue weighted by Crippen LogP contribution is 2.18. The molecule has 0 unspecified atom stereocenters. The molecule has 0 aromatic heterocycles. The predicted molar refractivity (Wildman–Crippen MR) is 66.4 cm³/mol. The number of nitrogens with zero attached hydrogens (tertiary/aromatic N) is 1. The average Bonchev–Trinajstić information content (AvgIpc) is 2.29. The molecular formula is C13H18FNO3. The second-order valence-corrected chi connectivity index (χ2v) is 4.08. The quantitative estimate of drug-likeness (QED) is 0.807. The number of aliphatic carboxylic acids is 1. The third kappa shape index (κ3) is 4.71. The SMILES string of the molecule is CCOc1ccc(CCN(C)CC(=O)O)cc1F. The van der Waals surface area contributed by atoms with Crippen LogP contribution in [0.25, 0.3) is 0 Å². The van der Waals surface area contributed by atoms with Gasteiger partial charge in [0.05, 0.1) is 13.2 Å². The van der Waals surface area contributed by atoms with E-state index >= 15 is 0 Å². The Hall–Kier alpha value is -1.62. The van der Waals surface area contributed by atoms with Crippen LogP contribution in [0.15, 0.2) is 18.2 Å². The minimum absolute atomic E-state index is 0.0144. The first-order valence-electron chi connectivity index (χ1n) is 5.84. The predicted octanol–water partition coefficient (Wildman–Crippen LogP) is 1.78. The third-order valence-electron chi connectivity index (χ3n) is 2.48. The fourth-order valence-corrected chi connectivity index (χ4v) is 1.60. The molecule has 18 heavy (non-hydrogen) atoms. The smallest absolute Gasteiger partial charge is 0.317 e. The molecule has 1 rings (SSSR count). The van der Waals surface area contributed by atoms with E-state index in [0.29, 0.717) is 19.6 Å². The Kier molecular flexibility index (Phi) is 5.58. The highest BCUT2D eigenvalue weighted by molar-refractivity contribution is 5.68. The fraction of sp³-hybridized carbons (Fsp3) is 0.462. The van der Waals surface area contributed by atoms with Crippen molar-refractivity contribution >= 4 is 5.97 Å². The van der Waals surface area contributed by atoms with Gasteiger partial charge in [0.1, 0.15) is 0 Å². The van der Waals surface area contributed by atoms with Crippen LogP contribution >= 0.6 is 0 Å². The van der Waals surface area contributed by atoms with E-state index in [4.69, 9.17) is 9.84 Å². The van der Waals surface area contributed by atoms with Crippen LogP contribution in [0, 0.1) is 5.82 Å². The van der Waals surface area contributed by atoms with E-state index in [1.54, 1.807) is 31.0 Å². The Balaban J connectivity index is 2.53. The number of ether oxygens (including phenoxy) is 1. The van der Waals surface area contributed by atoms with Crippen LogP contribution in [0.5, 0.6) is 5.75 Å². The van der Waals surface area contributed by atoms with Gasteiger partial charge in [-0.15, -0.1) is 0 Å². The third-order valence-corrected chi connectivity index (χ3v) is 2.48. The summed E-state index contributed by atoms with van der Waals surface area (Å²) in [5.74, 6) is -0.995. The number of carbonyl (C=O) groups is 1. The van der Waals surface area contributed by atoms with Crippen LogP contribution in [0.2, 0.25) is 0 Å². The van der Waals surface area contributed by atoms with Crippen molar-refractivity contribution in [3.63, 3.8) is 0 Å². The highest BCUT2D eigenvalue weighted by atomic mass is 19.1. The molecule has 1 aromatic carbocycles. The lowest BCUT2D eigenvalue weighted by Crippen LogP contribution is -2.27. The van der Waals surface area contributed by atoms with E-state index in [1.165, 1.54) is 6.07 Å². The van der Waals surface area contributed by atoms with E-state index in [-0.39, 0.29) is 18.1 Å². The number of carboxylic acid groups (broad SMARTS) is 1. The minimum Gasteiger partial charge on any atom is -0.491 e. The fourth-order valence-electron chi connectivity index (χ4n) is 1.60. The molecule has 0 atom stereocenters. The zero-order valence-electron chi connectivity index (χ0n) is 10.6. The van der Waals surface area contributed by atoms with Gasteiger partial charge in [-0.05, 0) is 38.1 Å². The summed E-state index contributed by atoms with van der Waals surface area (Å²) in [6, 6.07) is 4.83. The summed E-state index contributed by atoms with van der Waals surface area (Å²) in [4.78, 5) is 12.2. The minimum atomic E-state index is -0.865. The van der Waals surface area contributed by atoms with Crippen molar-refractivity contribution in [2.45, 2.75) is 13.3 Å². The first kappa shape index (κ1) is 14.4. The zero-order chi connectivity index (χ0) is 13.5. The molecule has 0 radical (unpaired) electrons. The monoisotopic (exact) mass is 255 g/mol. The van der Waals surface area contributed by atoms with Gasteiger partial charge in [-0.25, -0.2) is 4.39 Å².